The predicted octanol–water partition coefficient (Wildman–Crippen LogP) is 5.83. The van der Waals surface area contributed by atoms with Crippen molar-refractivity contribution in [3.05, 3.63) is 47.5 Å². The monoisotopic (exact) mass is 291 g/mol. The van der Waals surface area contributed by atoms with Gasteiger partial charge in [0.2, 0.25) is 0 Å². The van der Waals surface area contributed by atoms with Crippen molar-refractivity contribution in [2.24, 2.45) is 0 Å². The van der Waals surface area contributed by atoms with Crippen LogP contribution in [0, 0.1) is 0 Å². The molecule has 0 atom stereocenters. The Labute approximate surface area is 152 Å². The molecule has 0 N–H and O–H groups in total. The second-order valence-corrected chi connectivity index (χ2v) is 7.18. The molecule has 0 aromatic heterocycles. The zero-order valence-corrected chi connectivity index (χ0v) is 16.9. The van der Waals surface area contributed by atoms with Crippen LogP contribution in [0.3, 0.4) is 0 Å². The average Bonchev–Trinajstić information content (AvgIpc) is 2.45. The summed E-state index contributed by atoms with van der Waals surface area (Å²) in [6, 6.07) is 13.5. The molecule has 2 aromatic carbocycles. The summed E-state index contributed by atoms with van der Waals surface area (Å²) in [5.41, 5.74) is 3.50. The zero-order chi connectivity index (χ0) is 15.0. The van der Waals surface area contributed by atoms with Gasteiger partial charge in [-0.3, -0.25) is 0 Å². The summed E-state index contributed by atoms with van der Waals surface area (Å²) in [6.45, 7) is 14.1. The van der Waals surface area contributed by atoms with Gasteiger partial charge in [-0.2, -0.15) is 0 Å². The Morgan fingerprint density at radius 3 is 1.90 bits per heavy atom. The maximum Gasteiger partial charge on any atom is 0 e. The second-order valence-electron chi connectivity index (χ2n) is 7.18. The third kappa shape index (κ3) is 3.55. The van der Waals surface area contributed by atoms with E-state index in [0.717, 1.165) is 12.8 Å². The van der Waals surface area contributed by atoms with Crippen LogP contribution in [0.1, 0.15) is 65.5 Å². The summed E-state index contributed by atoms with van der Waals surface area (Å²) >= 11 is 0. The molecule has 0 aliphatic rings. The maximum absolute atomic E-state index is 2.38. The van der Waals surface area contributed by atoms with Crippen molar-refractivity contribution in [1.82, 2.24) is 0 Å². The van der Waals surface area contributed by atoms with Crippen molar-refractivity contribution in [3.8, 4) is 0 Å². The van der Waals surface area contributed by atoms with Gasteiger partial charge in [-0.15, -0.1) is 0 Å². The van der Waals surface area contributed by atoms with Gasteiger partial charge in [-0.1, -0.05) is 77.9 Å². The van der Waals surface area contributed by atoms with Gasteiger partial charge in [0.25, 0.3) is 0 Å². The molecule has 2 aromatic rings. The van der Waals surface area contributed by atoms with E-state index in [1.165, 1.54) is 16.3 Å². The summed E-state index contributed by atoms with van der Waals surface area (Å²) in [6.07, 6.45) is 2.33. The van der Waals surface area contributed by atoms with E-state index in [1.807, 2.05) is 0 Å². The maximum atomic E-state index is 2.38. The first-order chi connectivity index (χ1) is 9.33. The number of rotatable bonds is 4. The van der Waals surface area contributed by atoms with E-state index in [-0.39, 0.29) is 40.4 Å². The molecule has 0 unspecified atom stereocenters. The number of fused-ring (bicyclic) bond motifs is 1. The SMILES string of the molecule is CCC(C)(C)c1ccc2ccccc2c1C(C)(C)CC.[Na]. The van der Waals surface area contributed by atoms with Crippen LogP contribution >= 0.6 is 0 Å². The van der Waals surface area contributed by atoms with Crippen LogP contribution in [0.15, 0.2) is 36.4 Å². The first kappa shape index (κ1) is 18.7. The third-order valence-electron chi connectivity index (χ3n) is 5.10. The van der Waals surface area contributed by atoms with Gasteiger partial charge >= 0.3 is 0 Å². The third-order valence-corrected chi connectivity index (χ3v) is 5.10. The van der Waals surface area contributed by atoms with Crippen molar-refractivity contribution in [1.29, 1.82) is 0 Å². The molecule has 0 heterocycles. The quantitative estimate of drug-likeness (QED) is 0.621. The smallest absolute Gasteiger partial charge is 0 e. The Balaban J connectivity index is 0.00000220. The fourth-order valence-electron chi connectivity index (χ4n) is 2.93. The normalized spacial score (nSPS) is 12.3. The van der Waals surface area contributed by atoms with E-state index in [4.69, 9.17) is 0 Å². The fraction of sp³-hybridized carbons (Fsp3) is 0.500. The van der Waals surface area contributed by atoms with E-state index in [1.54, 1.807) is 5.56 Å². The van der Waals surface area contributed by atoms with Gasteiger partial charge in [-0.05, 0) is 45.6 Å². The second kappa shape index (κ2) is 6.86. The molecule has 0 nitrogen and oxygen atoms in total. The van der Waals surface area contributed by atoms with Gasteiger partial charge in [0.1, 0.15) is 0 Å². The molecule has 0 aliphatic carbocycles. The van der Waals surface area contributed by atoms with Gasteiger partial charge in [0.15, 0.2) is 0 Å². The first-order valence-electron chi connectivity index (χ1n) is 7.86. The van der Waals surface area contributed by atoms with Gasteiger partial charge in [0, 0.05) is 29.6 Å². The standard InChI is InChI=1S/C20H28.Na/c1-7-19(3,4)17-14-13-15-11-9-10-12-16(15)18(17)20(5,6)8-2;/h9-14H,7-8H2,1-6H3;. The van der Waals surface area contributed by atoms with Crippen molar-refractivity contribution in [3.63, 3.8) is 0 Å². The molecular weight excluding hydrogens is 263 g/mol. The summed E-state index contributed by atoms with van der Waals surface area (Å²) in [5.74, 6) is 0. The van der Waals surface area contributed by atoms with E-state index in [0.29, 0.717) is 0 Å². The minimum absolute atomic E-state index is 0. The van der Waals surface area contributed by atoms with E-state index in [9.17, 15) is 0 Å². The van der Waals surface area contributed by atoms with Gasteiger partial charge < -0.3 is 0 Å². The Hall–Kier alpha value is -0.300. The molecule has 0 saturated heterocycles. The van der Waals surface area contributed by atoms with Crippen molar-refractivity contribution in [2.75, 3.05) is 0 Å². The van der Waals surface area contributed by atoms with Crippen LogP contribution in [-0.2, 0) is 10.8 Å². The molecule has 21 heavy (non-hydrogen) atoms. The molecule has 0 aliphatic heterocycles. The van der Waals surface area contributed by atoms with Crippen molar-refractivity contribution >= 4 is 40.3 Å². The zero-order valence-electron chi connectivity index (χ0n) is 14.9. The number of hydrogen-bond donors (Lipinski definition) is 0. The summed E-state index contributed by atoms with van der Waals surface area (Å²) in [4.78, 5) is 0. The minimum atomic E-state index is 0. The van der Waals surface area contributed by atoms with Crippen LogP contribution in [-0.4, -0.2) is 29.6 Å². The van der Waals surface area contributed by atoms with Crippen molar-refractivity contribution < 1.29 is 0 Å². The molecule has 0 spiro atoms. The molecule has 1 radical (unpaired) electrons. The van der Waals surface area contributed by atoms with Crippen LogP contribution in [0.5, 0.6) is 0 Å². The van der Waals surface area contributed by atoms with Crippen molar-refractivity contribution in [2.45, 2.75) is 65.2 Å². The molecule has 0 saturated carbocycles. The molecule has 0 fully saturated rings. The Morgan fingerprint density at radius 2 is 1.33 bits per heavy atom. The molecule has 1 heteroatoms. The summed E-state index contributed by atoms with van der Waals surface area (Å²) < 4.78 is 0. The number of hydrogen-bond acceptors (Lipinski definition) is 0. The topological polar surface area (TPSA) is 0 Å². The minimum Gasteiger partial charge on any atom is -0.0646 e. The Morgan fingerprint density at radius 1 is 0.762 bits per heavy atom. The first-order valence-corrected chi connectivity index (χ1v) is 7.86. The van der Waals surface area contributed by atoms with Crippen LogP contribution in [0.4, 0.5) is 0 Å². The largest absolute Gasteiger partial charge is 0.0646 e. The van der Waals surface area contributed by atoms with Gasteiger partial charge in [0.05, 0.1) is 0 Å². The number of benzene rings is 2. The fourth-order valence-corrected chi connectivity index (χ4v) is 2.93. The molecule has 0 bridgehead atoms. The summed E-state index contributed by atoms with van der Waals surface area (Å²) in [5, 5.41) is 2.79. The van der Waals surface area contributed by atoms with Crippen LogP contribution in [0.25, 0.3) is 10.8 Å². The molecule has 2 rings (SSSR count). The molecular formula is C20H28Na. The molecule has 0 amide bonds. The Bertz CT molecular complexity index is 608. The molecule has 109 valence electrons. The van der Waals surface area contributed by atoms with Crippen LogP contribution in [0.2, 0.25) is 0 Å². The average molecular weight is 291 g/mol. The van der Waals surface area contributed by atoms with Gasteiger partial charge in [-0.25, -0.2) is 0 Å². The van der Waals surface area contributed by atoms with Crippen LogP contribution < -0.4 is 0 Å². The summed E-state index contributed by atoms with van der Waals surface area (Å²) in [7, 11) is 0. The van der Waals surface area contributed by atoms with E-state index in [2.05, 4.69) is 77.9 Å². The predicted molar refractivity (Wildman–Crippen MR) is 96.3 cm³/mol. The Kier molecular flexibility index (Phi) is 6.12. The van der Waals surface area contributed by atoms with E-state index < -0.39 is 0 Å². The van der Waals surface area contributed by atoms with E-state index >= 15 is 0 Å².